The molecule has 4 aliphatic rings. The zero-order chi connectivity index (χ0) is 22.5. The molecule has 172 valence electrons. The van der Waals surface area contributed by atoms with E-state index in [-0.39, 0.29) is 17.7 Å². The van der Waals surface area contributed by atoms with Crippen molar-refractivity contribution in [3.05, 3.63) is 53.6 Å². The molecule has 2 saturated heterocycles. The van der Waals surface area contributed by atoms with Gasteiger partial charge in [0.2, 0.25) is 0 Å². The van der Waals surface area contributed by atoms with E-state index in [2.05, 4.69) is 71.8 Å². The van der Waals surface area contributed by atoms with Gasteiger partial charge in [-0.3, -0.25) is 19.8 Å². The fourth-order valence-corrected chi connectivity index (χ4v) is 6.02. The minimum Gasteiger partial charge on any atom is -0.355 e. The maximum Gasteiger partial charge on any atom is 0.131 e. The van der Waals surface area contributed by atoms with E-state index in [4.69, 9.17) is 15.7 Å². The predicted molar refractivity (Wildman–Crippen MR) is 129 cm³/mol. The standard InChI is InChI=1S/C25H37N7/c1-18-8-7-13-27-23(18)19-9-5-10-20(30(19)4)25(2)24(26)32-21(28-25)11-6-12-22(32)31-16-14-29(3)15-17-31/h6-8,11-13,19-20,24H,5,9-10,14-17,26H2,1-4H3/t19-,20+,24?,25+/m0/s1. The molecule has 2 N–H and O–H groups in total. The minimum atomic E-state index is -0.383. The Balaban J connectivity index is 1.42. The first-order valence-electron chi connectivity index (χ1n) is 12.0. The van der Waals surface area contributed by atoms with E-state index in [0.717, 1.165) is 44.9 Å². The second-order valence-electron chi connectivity index (χ2n) is 10.0. The van der Waals surface area contributed by atoms with Crippen LogP contribution in [0.1, 0.15) is 43.5 Å². The number of rotatable bonds is 3. The second-order valence-corrected chi connectivity index (χ2v) is 10.0. The highest BCUT2D eigenvalue weighted by atomic mass is 15.5. The molecule has 0 aliphatic carbocycles. The lowest BCUT2D eigenvalue weighted by Crippen LogP contribution is -2.63. The van der Waals surface area contributed by atoms with Crippen molar-refractivity contribution in [2.45, 2.75) is 56.9 Å². The van der Waals surface area contributed by atoms with E-state index in [0.29, 0.717) is 6.04 Å². The summed E-state index contributed by atoms with van der Waals surface area (Å²) in [5.41, 5.74) is 9.13. The molecule has 7 nitrogen and oxygen atoms in total. The molecule has 32 heavy (non-hydrogen) atoms. The van der Waals surface area contributed by atoms with Crippen LogP contribution in [-0.2, 0) is 0 Å². The molecule has 2 fully saturated rings. The Bertz CT molecular complexity index is 945. The Morgan fingerprint density at radius 1 is 1.12 bits per heavy atom. The van der Waals surface area contributed by atoms with Crippen LogP contribution >= 0.6 is 0 Å². The maximum absolute atomic E-state index is 7.06. The summed E-state index contributed by atoms with van der Waals surface area (Å²) in [6.07, 6.45) is 11.6. The highest BCUT2D eigenvalue weighted by molar-refractivity contribution is 5.97. The van der Waals surface area contributed by atoms with Gasteiger partial charge in [-0.15, -0.1) is 0 Å². The van der Waals surface area contributed by atoms with Gasteiger partial charge in [-0.2, -0.15) is 0 Å². The Kier molecular flexibility index (Phi) is 5.60. The molecule has 4 atom stereocenters. The quantitative estimate of drug-likeness (QED) is 0.786. The van der Waals surface area contributed by atoms with E-state index in [1.165, 1.54) is 23.5 Å². The summed E-state index contributed by atoms with van der Waals surface area (Å²) in [5.74, 6) is 2.20. The molecule has 1 unspecified atom stereocenters. The van der Waals surface area contributed by atoms with Crippen molar-refractivity contribution >= 4 is 5.84 Å². The Hall–Kier alpha value is -2.22. The van der Waals surface area contributed by atoms with E-state index in [1.807, 2.05) is 12.3 Å². The molecule has 0 bridgehead atoms. The summed E-state index contributed by atoms with van der Waals surface area (Å²) < 4.78 is 0. The first-order chi connectivity index (χ1) is 15.4. The van der Waals surface area contributed by atoms with Crippen LogP contribution in [0, 0.1) is 6.92 Å². The molecule has 5 rings (SSSR count). The zero-order valence-corrected chi connectivity index (χ0v) is 19.9. The molecule has 1 aromatic rings. The van der Waals surface area contributed by atoms with E-state index in [9.17, 15) is 0 Å². The monoisotopic (exact) mass is 435 g/mol. The second kappa shape index (κ2) is 8.28. The molecule has 4 aliphatic heterocycles. The number of pyridine rings is 1. The third-order valence-corrected chi connectivity index (χ3v) is 8.02. The van der Waals surface area contributed by atoms with Crippen LogP contribution in [0.3, 0.4) is 0 Å². The summed E-state index contributed by atoms with van der Waals surface area (Å²) in [6.45, 7) is 8.62. The van der Waals surface area contributed by atoms with Gasteiger partial charge in [0.1, 0.15) is 23.4 Å². The number of hydrogen-bond acceptors (Lipinski definition) is 7. The molecule has 0 saturated carbocycles. The highest BCUT2D eigenvalue weighted by Gasteiger charge is 2.53. The third kappa shape index (κ3) is 3.47. The number of aryl methyl sites for hydroxylation is 1. The molecular weight excluding hydrogens is 398 g/mol. The summed E-state index contributed by atoms with van der Waals surface area (Å²) in [6, 6.07) is 4.76. The van der Waals surface area contributed by atoms with Gasteiger partial charge in [0.25, 0.3) is 0 Å². The molecule has 0 amide bonds. The summed E-state index contributed by atoms with van der Waals surface area (Å²) in [4.78, 5) is 19.7. The first-order valence-corrected chi connectivity index (χ1v) is 12.0. The van der Waals surface area contributed by atoms with E-state index in [1.54, 1.807) is 0 Å². The molecule has 0 spiro atoms. The lowest BCUT2D eigenvalue weighted by molar-refractivity contribution is 0.0396. The van der Waals surface area contributed by atoms with Crippen LogP contribution in [0.25, 0.3) is 0 Å². The van der Waals surface area contributed by atoms with E-state index < -0.39 is 0 Å². The molecule has 1 aromatic heterocycles. The number of piperidine rings is 1. The predicted octanol–water partition coefficient (Wildman–Crippen LogP) is 2.33. The topological polar surface area (TPSA) is 64.2 Å². The van der Waals surface area contributed by atoms with E-state index >= 15 is 0 Å². The fraction of sp³-hybridized carbons (Fsp3) is 0.600. The Labute approximate surface area is 192 Å². The first kappa shape index (κ1) is 21.6. The molecule has 7 heteroatoms. The van der Waals surface area contributed by atoms with Crippen molar-refractivity contribution in [3.63, 3.8) is 0 Å². The largest absolute Gasteiger partial charge is 0.355 e. The number of hydrogen-bond donors (Lipinski definition) is 1. The lowest BCUT2D eigenvalue weighted by Gasteiger charge is -2.49. The van der Waals surface area contributed by atoms with Crippen molar-refractivity contribution in [1.29, 1.82) is 0 Å². The summed E-state index contributed by atoms with van der Waals surface area (Å²) in [5, 5.41) is 0. The van der Waals surface area contributed by atoms with Crippen molar-refractivity contribution in [1.82, 2.24) is 24.6 Å². The number of piperazine rings is 1. The van der Waals surface area contributed by atoms with Gasteiger partial charge in [0.15, 0.2) is 0 Å². The molecule has 0 aromatic carbocycles. The maximum atomic E-state index is 7.06. The number of aromatic nitrogens is 1. The molecular formula is C25H37N7. The zero-order valence-electron chi connectivity index (χ0n) is 19.9. The van der Waals surface area contributed by atoms with Crippen molar-refractivity contribution in [3.8, 4) is 0 Å². The molecule has 5 heterocycles. The van der Waals surface area contributed by atoms with Gasteiger partial charge in [-0.05, 0) is 71.0 Å². The van der Waals surface area contributed by atoms with Gasteiger partial charge in [0.05, 0.1) is 11.7 Å². The van der Waals surface area contributed by atoms with Crippen LogP contribution in [-0.4, -0.2) is 88.4 Å². The van der Waals surface area contributed by atoms with Gasteiger partial charge in [-0.25, -0.2) is 0 Å². The van der Waals surface area contributed by atoms with Crippen LogP contribution < -0.4 is 5.73 Å². The average molecular weight is 436 g/mol. The van der Waals surface area contributed by atoms with Crippen molar-refractivity contribution in [2.75, 3.05) is 40.3 Å². The fourth-order valence-electron chi connectivity index (χ4n) is 6.02. The Morgan fingerprint density at radius 3 is 2.66 bits per heavy atom. The minimum absolute atomic E-state index is 0.190. The smallest absolute Gasteiger partial charge is 0.131 e. The average Bonchev–Trinajstić information content (AvgIpc) is 3.06. The number of likely N-dealkylation sites (tertiary alicyclic amines) is 1. The van der Waals surface area contributed by atoms with Gasteiger partial charge >= 0.3 is 0 Å². The number of fused-ring (bicyclic) bond motifs is 1. The number of aliphatic imine (C=N–C) groups is 1. The van der Waals surface area contributed by atoms with Gasteiger partial charge in [-0.1, -0.05) is 12.1 Å². The van der Waals surface area contributed by atoms with Crippen LogP contribution in [0.15, 0.2) is 47.4 Å². The van der Waals surface area contributed by atoms with Gasteiger partial charge < -0.3 is 15.5 Å². The van der Waals surface area contributed by atoms with Gasteiger partial charge in [0, 0.05) is 38.4 Å². The number of likely N-dealkylation sites (N-methyl/N-ethyl adjacent to an activating group) is 2. The highest BCUT2D eigenvalue weighted by Crippen LogP contribution is 2.43. The number of amidine groups is 1. The normalized spacial score (nSPS) is 33.8. The number of nitrogens with two attached hydrogens (primary N) is 1. The summed E-state index contributed by atoms with van der Waals surface area (Å²) >= 11 is 0. The van der Waals surface area contributed by atoms with Crippen molar-refractivity contribution in [2.24, 2.45) is 10.7 Å². The van der Waals surface area contributed by atoms with Crippen molar-refractivity contribution < 1.29 is 0 Å². The molecule has 0 radical (unpaired) electrons. The van der Waals surface area contributed by atoms with Crippen LogP contribution in [0.4, 0.5) is 0 Å². The lowest BCUT2D eigenvalue weighted by atomic mass is 9.80. The SMILES string of the molecule is Cc1cccnc1[C@@H]1CCC[C@H]([C@@]2(C)N=C3C=CC=C(N4CCN(C)CC4)N3C2N)N1C. The number of allylic oxidation sites excluding steroid dienone is 2. The number of nitrogens with zero attached hydrogens (tertiary/aromatic N) is 6. The third-order valence-electron chi connectivity index (χ3n) is 8.02. The summed E-state index contributed by atoms with van der Waals surface area (Å²) in [7, 11) is 4.43. The van der Waals surface area contributed by atoms with Crippen LogP contribution in [0.5, 0.6) is 0 Å². The Morgan fingerprint density at radius 2 is 1.91 bits per heavy atom. The van der Waals surface area contributed by atoms with Crippen LogP contribution in [0.2, 0.25) is 0 Å².